The summed E-state index contributed by atoms with van der Waals surface area (Å²) in [6.45, 7) is 4.58. The zero-order chi connectivity index (χ0) is 80.3. The Morgan fingerprint density at radius 2 is 0.821 bits per heavy atom. The molecule has 0 bridgehead atoms. The van der Waals surface area contributed by atoms with Gasteiger partial charge in [0.2, 0.25) is 70.9 Å². The highest BCUT2D eigenvalue weighted by molar-refractivity contribution is 7.81. The Kier molecular flexibility index (Phi) is 38.4. The van der Waals surface area contributed by atoms with Crippen LogP contribution in [0.25, 0.3) is 0 Å². The molecule has 11 atom stereocenters. The van der Waals surface area contributed by atoms with Crippen molar-refractivity contribution in [3.05, 3.63) is 65.7 Å². The number of likely N-dealkylation sites (N-methyl/N-ethyl adjacent to an activating group) is 1. The van der Waals surface area contributed by atoms with Crippen LogP contribution in [0.4, 0.5) is 0 Å². The normalized spacial score (nSPS) is 14.2. The number of benzene rings is 2. The maximum absolute atomic E-state index is 14.4. The number of amides is 12. The van der Waals surface area contributed by atoms with E-state index in [1.807, 2.05) is 0 Å². The average molecular weight is 1520 g/mol. The van der Waals surface area contributed by atoms with Gasteiger partial charge in [0.25, 0.3) is 10.4 Å². The molecule has 2 rings (SSSR count). The number of nitrogens with zero attached hydrogens (tertiary/aromatic N) is 1. The summed E-state index contributed by atoms with van der Waals surface area (Å²) in [6, 6.07) is -5.92. The number of carbonyl (C=O) groups is 18. The number of hydrogen-bond acceptors (Lipinski definition) is 23. The smallest absolute Gasteiger partial charge is 0.326 e. The Morgan fingerprint density at radius 1 is 0.462 bits per heavy atom. The summed E-state index contributed by atoms with van der Waals surface area (Å²) in [6.07, 6.45) is -9.35. The van der Waals surface area contributed by atoms with Crippen LogP contribution in [0.2, 0.25) is 0 Å². The molecule has 20 N–H and O–H groups in total. The zero-order valence-electron chi connectivity index (χ0n) is 58.3. The minimum absolute atomic E-state index is 0.0827. The van der Waals surface area contributed by atoms with E-state index in [0.717, 1.165) is 36.2 Å². The summed E-state index contributed by atoms with van der Waals surface area (Å²) in [4.78, 5) is 237. The van der Waals surface area contributed by atoms with E-state index in [2.05, 4.69) is 57.4 Å². The zero-order valence-corrected chi connectivity index (χ0v) is 59.1. The molecule has 0 unspecified atom stereocenters. The van der Waals surface area contributed by atoms with E-state index in [1.54, 1.807) is 39.0 Å². The number of rotatable bonds is 50. The molecule has 0 saturated heterocycles. The first-order valence-electron chi connectivity index (χ1n) is 32.9. The molecule has 2 aromatic carbocycles. The van der Waals surface area contributed by atoms with Crippen LogP contribution in [0.5, 0.6) is 5.75 Å². The van der Waals surface area contributed by atoms with E-state index in [9.17, 15) is 130 Å². The van der Waals surface area contributed by atoms with Crippen LogP contribution < -0.4 is 68.8 Å². The topological polar surface area (TPSA) is 671 Å². The third-order valence-electron chi connectivity index (χ3n) is 15.6. The second kappa shape index (κ2) is 44.9. The highest BCUT2D eigenvalue weighted by Crippen LogP contribution is 2.18. The third-order valence-corrected chi connectivity index (χ3v) is 16.0. The Balaban J connectivity index is 2.57. The first kappa shape index (κ1) is 90.7. The van der Waals surface area contributed by atoms with Crippen LogP contribution in [0.15, 0.2) is 54.6 Å². The summed E-state index contributed by atoms with van der Waals surface area (Å²) in [7, 11) is -4.24. The molecule has 106 heavy (non-hydrogen) atoms. The number of nitrogens with one attached hydrogen (secondary N) is 10. The Labute approximate surface area is 606 Å². The Hall–Kier alpha value is -11.4. The molecular formula is C64H90N13O28S-. The van der Waals surface area contributed by atoms with Crippen molar-refractivity contribution < 1.29 is 134 Å². The monoisotopic (exact) mass is 1520 g/mol. The van der Waals surface area contributed by atoms with Crippen molar-refractivity contribution in [2.75, 3.05) is 20.1 Å². The standard InChI is InChI=1S/C64H91N13O28S/c1-6-33(4)54(76-58(94)40(20-25-52(87)88)70-56(92)38(18-23-50(83)84)71-60(96)43(27-34-10-8-7-9-11-34)75-62(98)45(29-53(89)90)68-47(79)30-65)63(99)77(5)31-48(80)67-37(17-22-49(81)82)55(91)69-39(19-24-51(85)86)57(93)74-44(28-35-12-14-36(15-13-35)105-106(102,103)104)61(97)73-42(26-32(2)3)59(95)72-41(64(100)101)16-21-46(66)78/h7-15,32-33,37-45,54H,6,16-31,65H2,1-5H3,(H2,66,78)(H,67,80)(H,68,79)(H,69,91)(H,70,92)(H,71,96)(H,72,95)(H,73,97)(H,74,93)(H,75,98)(H,76,94)(H,81,82)(H,83,84)(H,85,86)(H,87,88)(H,89,90)(H,100,101)(H,102,103,104)/p-1/t33-,37-,38-,39-,40-,41-,42-,43-,44-,45-,54-/m0/s1. The van der Waals surface area contributed by atoms with Crippen LogP contribution in [-0.4, -0.2) is 236 Å². The summed E-state index contributed by atoms with van der Waals surface area (Å²) in [5.41, 5.74) is 11.0. The minimum atomic E-state index is -5.29. The summed E-state index contributed by atoms with van der Waals surface area (Å²) in [5, 5.41) is 80.8. The summed E-state index contributed by atoms with van der Waals surface area (Å²) in [5.74, 6) is -24.9. The van der Waals surface area contributed by atoms with Gasteiger partial charge in [-0.25, -0.2) is 13.2 Å². The van der Waals surface area contributed by atoms with E-state index in [1.165, 1.54) is 19.1 Å². The molecule has 2 aromatic rings. The molecule has 42 heteroatoms. The first-order chi connectivity index (χ1) is 49.5. The van der Waals surface area contributed by atoms with Gasteiger partial charge in [0.15, 0.2) is 0 Å². The molecule has 0 heterocycles. The lowest BCUT2D eigenvalue weighted by molar-refractivity contribution is -0.143. The molecule has 586 valence electrons. The molecule has 0 radical (unpaired) electrons. The molecule has 12 amide bonds. The third kappa shape index (κ3) is 35.2. The molecule has 41 nitrogen and oxygen atoms in total. The fourth-order valence-corrected chi connectivity index (χ4v) is 10.3. The fraction of sp³-hybridized carbons (Fsp3) is 0.531. The Bertz CT molecular complexity index is 3600. The van der Waals surface area contributed by atoms with Crippen LogP contribution in [-0.2, 0) is 110 Å². The van der Waals surface area contributed by atoms with Gasteiger partial charge in [-0.1, -0.05) is 76.6 Å². The molecule has 0 saturated carbocycles. The average Bonchev–Trinajstić information content (AvgIpc) is 0.847. The van der Waals surface area contributed by atoms with Crippen LogP contribution in [0, 0.1) is 11.8 Å². The van der Waals surface area contributed by atoms with E-state index in [-0.39, 0.29) is 24.8 Å². The van der Waals surface area contributed by atoms with Crippen molar-refractivity contribution in [1.29, 1.82) is 0 Å². The largest absolute Gasteiger partial charge is 0.716 e. The first-order valence-corrected chi connectivity index (χ1v) is 34.2. The second-order valence-corrected chi connectivity index (χ2v) is 25.8. The van der Waals surface area contributed by atoms with Crippen molar-refractivity contribution in [1.82, 2.24) is 58.1 Å². The highest BCUT2D eigenvalue weighted by atomic mass is 32.3. The number of carbonyl (C=O) groups excluding carboxylic acids is 12. The number of aliphatic carboxylic acids is 6. The lowest BCUT2D eigenvalue weighted by Crippen LogP contribution is -2.60. The lowest BCUT2D eigenvalue weighted by Gasteiger charge is -2.30. The lowest BCUT2D eigenvalue weighted by atomic mass is 9.97. The molecule has 0 aromatic heterocycles. The number of hydrogen-bond donors (Lipinski definition) is 18. The van der Waals surface area contributed by atoms with Gasteiger partial charge in [0.05, 0.1) is 19.5 Å². The predicted molar refractivity (Wildman–Crippen MR) is 361 cm³/mol. The second-order valence-electron chi connectivity index (χ2n) is 24.8. The van der Waals surface area contributed by atoms with Crippen molar-refractivity contribution in [2.45, 2.75) is 184 Å². The SMILES string of the molecule is CC[C@H](C)[C@H](NC(=O)[C@H](CCC(=O)O)NC(=O)[C@H](CCC(=O)O)NC(=O)[C@H](Cc1ccccc1)NC(=O)[C@H](CC(=O)O)NC(=O)CN)C(=O)N(C)CC(=O)N[C@@H](CCC(=O)O)C(=O)N[C@@H](CCC(=O)O)C(=O)N[C@@H](Cc1ccc(OS(=O)(=O)[O-])cc1)C(=O)N[C@@H](CC(C)C)C(=O)N[C@@H](CCC(N)=O)C(=O)O. The van der Waals surface area contributed by atoms with E-state index in [4.69, 9.17) is 11.5 Å². The van der Waals surface area contributed by atoms with Gasteiger partial charge in [0, 0.05) is 52.0 Å². The molecular weight excluding hydrogens is 1430 g/mol. The van der Waals surface area contributed by atoms with E-state index in [0.29, 0.717) is 5.56 Å². The maximum atomic E-state index is 14.4. The van der Waals surface area contributed by atoms with Gasteiger partial charge in [-0.2, -0.15) is 0 Å². The molecule has 0 aliphatic carbocycles. The van der Waals surface area contributed by atoms with Gasteiger partial charge in [0.1, 0.15) is 66.2 Å². The van der Waals surface area contributed by atoms with Crippen LogP contribution >= 0.6 is 0 Å². The highest BCUT2D eigenvalue weighted by Gasteiger charge is 2.38. The predicted octanol–water partition coefficient (Wildman–Crippen LogP) is -5.05. The molecule has 0 aliphatic heterocycles. The van der Waals surface area contributed by atoms with E-state index >= 15 is 0 Å². The summed E-state index contributed by atoms with van der Waals surface area (Å²) >= 11 is 0. The van der Waals surface area contributed by atoms with Crippen molar-refractivity contribution in [3.63, 3.8) is 0 Å². The number of primary amides is 1. The number of carboxylic acids is 6. The van der Waals surface area contributed by atoms with Crippen molar-refractivity contribution in [3.8, 4) is 5.75 Å². The Morgan fingerprint density at radius 3 is 1.21 bits per heavy atom. The van der Waals surface area contributed by atoms with E-state index < -0.39 is 285 Å². The van der Waals surface area contributed by atoms with Crippen LogP contribution in [0.3, 0.4) is 0 Å². The minimum Gasteiger partial charge on any atom is -0.716 e. The molecule has 0 fully saturated rings. The molecule has 0 aliphatic rings. The summed E-state index contributed by atoms with van der Waals surface area (Å²) < 4.78 is 38.2. The van der Waals surface area contributed by atoms with Crippen molar-refractivity contribution in [2.24, 2.45) is 23.3 Å². The van der Waals surface area contributed by atoms with Gasteiger partial charge >= 0.3 is 35.8 Å². The van der Waals surface area contributed by atoms with Gasteiger partial charge in [-0.3, -0.25) is 81.5 Å². The van der Waals surface area contributed by atoms with Crippen LogP contribution in [0.1, 0.15) is 122 Å². The number of nitrogens with two attached hydrogens (primary N) is 2. The molecule has 0 spiro atoms. The van der Waals surface area contributed by atoms with Crippen molar-refractivity contribution >= 4 is 117 Å². The number of carboxylic acid groups (broad SMARTS) is 6. The van der Waals surface area contributed by atoms with Gasteiger partial charge in [-0.15, -0.1) is 0 Å². The van der Waals surface area contributed by atoms with Gasteiger partial charge in [-0.05, 0) is 73.6 Å². The van der Waals surface area contributed by atoms with Gasteiger partial charge < -0.3 is 109 Å². The maximum Gasteiger partial charge on any atom is 0.326 e. The fourth-order valence-electron chi connectivity index (χ4n) is 9.95. The quantitative estimate of drug-likeness (QED) is 0.0218.